The molecule has 0 fully saturated rings. The second kappa shape index (κ2) is 15.6. The largest absolute Gasteiger partial charge is 0.497 e. The Labute approximate surface area is 258 Å². The molecule has 6 atom stereocenters. The number of β-amino-alcohol motifs (C(OH)–C–C–N with tert-alkyl or cyclic N) is 1. The molecule has 0 aromatic heterocycles. The molecule has 0 radical (unpaired) electrons. The van der Waals surface area contributed by atoms with Crippen LogP contribution in [0, 0.1) is 17.6 Å². The number of amides is 2. The van der Waals surface area contributed by atoms with E-state index in [2.05, 4.69) is 17.6 Å². The Kier molecular flexibility index (Phi) is 11.9. The van der Waals surface area contributed by atoms with E-state index in [9.17, 15) is 23.5 Å². The van der Waals surface area contributed by atoms with Crippen molar-refractivity contribution in [2.75, 3.05) is 27.3 Å². The van der Waals surface area contributed by atoms with Crippen LogP contribution in [-0.2, 0) is 20.7 Å². The molecule has 2 bridgehead atoms. The van der Waals surface area contributed by atoms with E-state index in [1.54, 1.807) is 14.2 Å². The summed E-state index contributed by atoms with van der Waals surface area (Å²) < 4.78 is 39.8. The van der Waals surface area contributed by atoms with Crippen molar-refractivity contribution in [3.05, 3.63) is 76.9 Å². The van der Waals surface area contributed by atoms with E-state index in [0.29, 0.717) is 30.8 Å². The van der Waals surface area contributed by atoms with E-state index >= 15 is 0 Å². The van der Waals surface area contributed by atoms with Crippen molar-refractivity contribution in [2.45, 2.75) is 82.7 Å². The summed E-state index contributed by atoms with van der Waals surface area (Å²) in [5.41, 5.74) is 2.33. The zero-order valence-corrected chi connectivity index (χ0v) is 26.0. The van der Waals surface area contributed by atoms with Gasteiger partial charge in [-0.05, 0) is 66.6 Å². The molecule has 240 valence electrons. The van der Waals surface area contributed by atoms with Gasteiger partial charge in [-0.2, -0.15) is 0 Å². The highest BCUT2D eigenvalue weighted by Gasteiger charge is 2.35. The van der Waals surface area contributed by atoms with E-state index in [1.165, 1.54) is 17.0 Å². The maximum atomic E-state index is 14.1. The monoisotopic (exact) mass is 613 g/mol. The molecule has 8 nitrogen and oxygen atoms in total. The van der Waals surface area contributed by atoms with Gasteiger partial charge in [-0.1, -0.05) is 44.9 Å². The number of halogens is 2. The smallest absolute Gasteiger partial charge is 0.243 e. The number of methoxy groups -OCH3 is 1. The second-order valence-corrected chi connectivity index (χ2v) is 11.9. The standard InChI is InChI=1S/C34H45F2N3O5/c1-5-6-9-21(2)34(42)39(3)30-10-7-8-13-44-32-19-28(27-18-25(43-4)11-12-26(27)32)37-20-31(40)29(38-33(30)41)16-22-14-23(35)17-24(36)15-22/h7-8,11-12,14-15,17-18,21,28-32,37,40H,5-6,9-10,13,16,19-20H2,1-4H3,(H,38,41)/b8-7-/t21-,28+,29-,30-,31+,32+/m0/s1. The quantitative estimate of drug-likeness (QED) is 0.371. The minimum absolute atomic E-state index is 0.0167. The van der Waals surface area contributed by atoms with E-state index in [1.807, 2.05) is 37.3 Å². The summed E-state index contributed by atoms with van der Waals surface area (Å²) in [6.07, 6.45) is 5.79. The predicted octanol–water partition coefficient (Wildman–Crippen LogP) is 4.77. The second-order valence-electron chi connectivity index (χ2n) is 11.9. The molecule has 0 unspecified atom stereocenters. The molecule has 0 spiro atoms. The van der Waals surface area contributed by atoms with Crippen LogP contribution in [0.3, 0.4) is 0 Å². The van der Waals surface area contributed by atoms with Crippen LogP contribution in [-0.4, -0.2) is 67.3 Å². The Balaban J connectivity index is 1.64. The molecule has 2 aromatic carbocycles. The van der Waals surface area contributed by atoms with E-state index in [0.717, 1.165) is 30.0 Å². The number of rotatable bonds is 8. The van der Waals surface area contributed by atoms with Gasteiger partial charge in [0.05, 0.1) is 32.0 Å². The minimum Gasteiger partial charge on any atom is -0.497 e. The molecule has 3 N–H and O–H groups in total. The number of nitrogens with one attached hydrogen (secondary N) is 2. The van der Waals surface area contributed by atoms with Crippen LogP contribution >= 0.6 is 0 Å². The van der Waals surface area contributed by atoms with E-state index in [4.69, 9.17) is 9.47 Å². The molecule has 1 heterocycles. The number of carbonyl (C=O) groups excluding carboxylic acids is 2. The molecule has 4 rings (SSSR count). The van der Waals surface area contributed by atoms with Crippen LogP contribution < -0.4 is 15.4 Å². The molecule has 44 heavy (non-hydrogen) atoms. The Morgan fingerprint density at radius 1 is 1.16 bits per heavy atom. The predicted molar refractivity (Wildman–Crippen MR) is 164 cm³/mol. The number of carbonyl (C=O) groups is 2. The zero-order valence-electron chi connectivity index (χ0n) is 26.0. The van der Waals surface area contributed by atoms with Gasteiger partial charge in [-0.15, -0.1) is 0 Å². The SMILES string of the molecule is CCCC[C@H](C)C(=O)N(C)[C@H]1C/C=C\CO[C@@H]2C[C@@H](NC[C@@H](O)[C@H](Cc3cc(F)cc(F)c3)NC1=O)c1cc(OC)ccc12. The van der Waals surface area contributed by atoms with Crippen molar-refractivity contribution in [3.8, 4) is 5.75 Å². The molecule has 2 amide bonds. The maximum Gasteiger partial charge on any atom is 0.243 e. The summed E-state index contributed by atoms with van der Waals surface area (Å²) in [6, 6.07) is 7.09. The Morgan fingerprint density at radius 3 is 2.61 bits per heavy atom. The molecular formula is C34H45F2N3O5. The Hall–Kier alpha value is -3.34. The van der Waals surface area contributed by atoms with Crippen LogP contribution in [0.15, 0.2) is 48.6 Å². The van der Waals surface area contributed by atoms with E-state index in [-0.39, 0.29) is 43.4 Å². The minimum atomic E-state index is -1.12. The van der Waals surface area contributed by atoms with Crippen LogP contribution in [0.1, 0.15) is 74.8 Å². The van der Waals surface area contributed by atoms with Crippen molar-refractivity contribution in [2.24, 2.45) is 5.92 Å². The summed E-state index contributed by atoms with van der Waals surface area (Å²) in [4.78, 5) is 28.6. The average molecular weight is 614 g/mol. The van der Waals surface area contributed by atoms with Gasteiger partial charge >= 0.3 is 0 Å². The summed E-state index contributed by atoms with van der Waals surface area (Å²) >= 11 is 0. The molecule has 1 aliphatic heterocycles. The van der Waals surface area contributed by atoms with Gasteiger partial charge in [-0.3, -0.25) is 9.59 Å². The number of likely N-dealkylation sites (N-methyl/N-ethyl adjacent to an activating group) is 1. The Morgan fingerprint density at radius 2 is 1.91 bits per heavy atom. The normalized spacial score (nSPS) is 25.6. The van der Waals surface area contributed by atoms with Crippen molar-refractivity contribution < 1.29 is 33.0 Å². The number of aliphatic hydroxyl groups excluding tert-OH is 1. The number of aliphatic hydroxyl groups is 1. The number of ether oxygens (including phenoxy) is 2. The lowest BCUT2D eigenvalue weighted by Gasteiger charge is -2.32. The van der Waals surface area contributed by atoms with Crippen LogP contribution in [0.25, 0.3) is 0 Å². The highest BCUT2D eigenvalue weighted by molar-refractivity contribution is 5.88. The van der Waals surface area contributed by atoms with Gasteiger partial charge in [0.25, 0.3) is 0 Å². The summed E-state index contributed by atoms with van der Waals surface area (Å²) in [6.45, 7) is 4.33. The number of unbranched alkanes of at least 4 members (excludes halogenated alkanes) is 1. The van der Waals surface area contributed by atoms with Gasteiger partial charge in [0.1, 0.15) is 23.4 Å². The summed E-state index contributed by atoms with van der Waals surface area (Å²) in [7, 11) is 3.22. The third-order valence-electron chi connectivity index (χ3n) is 8.66. The van der Waals surface area contributed by atoms with Crippen LogP contribution in [0.2, 0.25) is 0 Å². The first-order valence-corrected chi connectivity index (χ1v) is 15.5. The third kappa shape index (κ3) is 8.43. The molecule has 10 heteroatoms. The Bertz CT molecular complexity index is 1300. The molecule has 0 saturated carbocycles. The van der Waals surface area contributed by atoms with Gasteiger partial charge in [0.15, 0.2) is 0 Å². The number of fused-ring (bicyclic) bond motifs is 5. The molecule has 2 aliphatic rings. The molecule has 0 saturated heterocycles. The first-order chi connectivity index (χ1) is 21.1. The van der Waals surface area contributed by atoms with Gasteiger partial charge in [-0.25, -0.2) is 8.78 Å². The zero-order chi connectivity index (χ0) is 31.8. The number of hydrogen-bond donors (Lipinski definition) is 3. The number of nitrogens with zero attached hydrogens (tertiary/aromatic N) is 1. The summed E-state index contributed by atoms with van der Waals surface area (Å²) in [5, 5.41) is 17.8. The average Bonchev–Trinajstić information content (AvgIpc) is 3.34. The third-order valence-corrected chi connectivity index (χ3v) is 8.66. The lowest BCUT2D eigenvalue weighted by Crippen LogP contribution is -2.55. The van der Waals surface area contributed by atoms with E-state index < -0.39 is 35.7 Å². The summed E-state index contributed by atoms with van der Waals surface area (Å²) in [5.74, 6) is -1.64. The number of hydrogen-bond acceptors (Lipinski definition) is 6. The van der Waals surface area contributed by atoms with Crippen LogP contribution in [0.4, 0.5) is 8.78 Å². The van der Waals surface area contributed by atoms with Gasteiger partial charge in [0.2, 0.25) is 11.8 Å². The molecular weight excluding hydrogens is 568 g/mol. The number of benzene rings is 2. The maximum absolute atomic E-state index is 14.1. The first-order valence-electron chi connectivity index (χ1n) is 15.5. The molecule has 1 aliphatic carbocycles. The van der Waals surface area contributed by atoms with Crippen molar-refractivity contribution in [3.63, 3.8) is 0 Å². The lowest BCUT2D eigenvalue weighted by atomic mass is 9.98. The fourth-order valence-corrected chi connectivity index (χ4v) is 6.09. The van der Waals surface area contributed by atoms with Crippen LogP contribution in [0.5, 0.6) is 5.75 Å². The fourth-order valence-electron chi connectivity index (χ4n) is 6.09. The topological polar surface area (TPSA) is 100 Å². The highest BCUT2D eigenvalue weighted by Crippen LogP contribution is 2.42. The fraction of sp³-hybridized carbons (Fsp3) is 0.529. The highest BCUT2D eigenvalue weighted by atomic mass is 19.1. The molecule has 2 aromatic rings. The van der Waals surface area contributed by atoms with Crippen molar-refractivity contribution in [1.82, 2.24) is 15.5 Å². The lowest BCUT2D eigenvalue weighted by molar-refractivity contribution is -0.142. The van der Waals surface area contributed by atoms with Gasteiger partial charge in [0, 0.05) is 31.6 Å². The van der Waals surface area contributed by atoms with Crippen molar-refractivity contribution in [1.29, 1.82) is 0 Å². The first kappa shape index (κ1) is 33.6. The van der Waals surface area contributed by atoms with Crippen molar-refractivity contribution >= 4 is 11.8 Å². The van der Waals surface area contributed by atoms with Gasteiger partial charge < -0.3 is 30.1 Å².